The second-order valence-electron chi connectivity index (χ2n) is 5.10. The van der Waals surface area contributed by atoms with E-state index in [1.165, 1.54) is 0 Å². The number of hydrogen-bond donors (Lipinski definition) is 2. The van der Waals surface area contributed by atoms with Gasteiger partial charge in [0.1, 0.15) is 5.75 Å². The van der Waals surface area contributed by atoms with Gasteiger partial charge in [-0.1, -0.05) is 12.1 Å². The molecule has 0 heterocycles. The molecule has 0 bridgehead atoms. The molecular weight excluding hydrogens is 242 g/mol. The number of carboxylic acid groups (broad SMARTS) is 1. The molecule has 1 atom stereocenters. The van der Waals surface area contributed by atoms with Crippen molar-refractivity contribution in [1.29, 1.82) is 0 Å². The van der Waals surface area contributed by atoms with E-state index in [-0.39, 0.29) is 18.2 Å². The molecular formula is C15H23NO3. The highest BCUT2D eigenvalue weighted by molar-refractivity contribution is 5.66. The topological polar surface area (TPSA) is 60.8 Å². The van der Waals surface area contributed by atoms with E-state index >= 15 is 0 Å². The van der Waals surface area contributed by atoms with Crippen LogP contribution >= 0.6 is 0 Å². The number of aliphatic carboxylic acids is 1. The predicted molar refractivity (Wildman–Crippen MR) is 75.2 cm³/mol. The Labute approximate surface area is 114 Å². The van der Waals surface area contributed by atoms with Gasteiger partial charge in [0.05, 0.1) is 0 Å². The lowest BCUT2D eigenvalue weighted by molar-refractivity contribution is -0.137. The number of carboxylic acids is 1. The second kappa shape index (κ2) is 7.14. The smallest absolute Gasteiger partial charge is 0.303 e. The van der Waals surface area contributed by atoms with Crippen LogP contribution in [0.25, 0.3) is 0 Å². The Morgan fingerprint density at radius 2 is 1.79 bits per heavy atom. The highest BCUT2D eigenvalue weighted by Crippen LogP contribution is 2.24. The van der Waals surface area contributed by atoms with Gasteiger partial charge in [-0.2, -0.15) is 0 Å². The summed E-state index contributed by atoms with van der Waals surface area (Å²) in [6, 6.07) is 7.73. The fourth-order valence-corrected chi connectivity index (χ4v) is 2.26. The van der Waals surface area contributed by atoms with Crippen LogP contribution < -0.4 is 0 Å². The molecule has 106 valence electrons. The van der Waals surface area contributed by atoms with Gasteiger partial charge in [-0.3, -0.25) is 9.69 Å². The van der Waals surface area contributed by atoms with Crippen LogP contribution in [0.5, 0.6) is 5.75 Å². The standard InChI is InChI=1S/C15H23NO3/c1-11(2)16(10-4-5-15(18)19)12(3)13-6-8-14(17)9-7-13/h6-9,11-12,17H,4-5,10H2,1-3H3,(H,18,19). The second-order valence-corrected chi connectivity index (χ2v) is 5.10. The third kappa shape index (κ3) is 4.91. The number of nitrogens with zero attached hydrogens (tertiary/aromatic N) is 1. The van der Waals surface area contributed by atoms with Crippen LogP contribution in [-0.2, 0) is 4.79 Å². The number of phenols is 1. The Bertz CT molecular complexity index is 400. The van der Waals surface area contributed by atoms with E-state index in [0.29, 0.717) is 12.5 Å². The van der Waals surface area contributed by atoms with Gasteiger partial charge in [-0.05, 0) is 51.4 Å². The maximum Gasteiger partial charge on any atom is 0.303 e. The minimum Gasteiger partial charge on any atom is -0.508 e. The third-order valence-electron chi connectivity index (χ3n) is 3.34. The van der Waals surface area contributed by atoms with E-state index in [1.807, 2.05) is 12.1 Å². The zero-order valence-electron chi connectivity index (χ0n) is 11.8. The van der Waals surface area contributed by atoms with Crippen molar-refractivity contribution >= 4 is 5.97 Å². The first-order valence-electron chi connectivity index (χ1n) is 6.68. The summed E-state index contributed by atoms with van der Waals surface area (Å²) in [6.07, 6.45) is 0.849. The summed E-state index contributed by atoms with van der Waals surface area (Å²) in [6.45, 7) is 7.08. The lowest BCUT2D eigenvalue weighted by atomic mass is 10.0. The van der Waals surface area contributed by atoms with Crippen molar-refractivity contribution in [2.75, 3.05) is 6.54 Å². The summed E-state index contributed by atoms with van der Waals surface area (Å²) in [5, 5.41) is 18.0. The third-order valence-corrected chi connectivity index (χ3v) is 3.34. The van der Waals surface area contributed by atoms with Crippen molar-refractivity contribution < 1.29 is 15.0 Å². The minimum atomic E-state index is -0.749. The van der Waals surface area contributed by atoms with Crippen LogP contribution in [0.4, 0.5) is 0 Å². The molecule has 19 heavy (non-hydrogen) atoms. The van der Waals surface area contributed by atoms with Crippen LogP contribution in [0.15, 0.2) is 24.3 Å². The molecule has 0 aliphatic rings. The predicted octanol–water partition coefficient (Wildman–Crippen LogP) is 3.03. The van der Waals surface area contributed by atoms with Gasteiger partial charge in [-0.15, -0.1) is 0 Å². The molecule has 0 aromatic heterocycles. The van der Waals surface area contributed by atoms with Crippen molar-refractivity contribution in [1.82, 2.24) is 4.90 Å². The molecule has 4 heteroatoms. The maximum absolute atomic E-state index is 10.6. The molecule has 0 aliphatic carbocycles. The van der Waals surface area contributed by atoms with Gasteiger partial charge in [0, 0.05) is 18.5 Å². The lowest BCUT2D eigenvalue weighted by Gasteiger charge is -2.33. The molecule has 0 aliphatic heterocycles. The maximum atomic E-state index is 10.6. The van der Waals surface area contributed by atoms with Crippen molar-refractivity contribution in [2.45, 2.75) is 45.7 Å². The van der Waals surface area contributed by atoms with E-state index < -0.39 is 5.97 Å². The van der Waals surface area contributed by atoms with Crippen molar-refractivity contribution in [3.63, 3.8) is 0 Å². The molecule has 1 aromatic carbocycles. The average molecular weight is 265 g/mol. The Morgan fingerprint density at radius 3 is 2.26 bits per heavy atom. The molecule has 4 nitrogen and oxygen atoms in total. The largest absolute Gasteiger partial charge is 0.508 e. The van der Waals surface area contributed by atoms with Gasteiger partial charge in [0.15, 0.2) is 0 Å². The summed E-state index contributed by atoms with van der Waals surface area (Å²) < 4.78 is 0. The minimum absolute atomic E-state index is 0.200. The number of hydrogen-bond acceptors (Lipinski definition) is 3. The molecule has 0 amide bonds. The van der Waals surface area contributed by atoms with E-state index in [2.05, 4.69) is 25.7 Å². The molecule has 1 rings (SSSR count). The molecule has 1 aromatic rings. The van der Waals surface area contributed by atoms with E-state index in [1.54, 1.807) is 12.1 Å². The first-order chi connectivity index (χ1) is 8.91. The molecule has 0 spiro atoms. The monoisotopic (exact) mass is 265 g/mol. The zero-order chi connectivity index (χ0) is 14.4. The number of phenolic OH excluding ortho intramolecular Hbond substituents is 1. The van der Waals surface area contributed by atoms with Crippen LogP contribution in [0, 0.1) is 0 Å². The van der Waals surface area contributed by atoms with Crippen LogP contribution in [-0.4, -0.2) is 33.7 Å². The van der Waals surface area contributed by atoms with Gasteiger partial charge in [0.2, 0.25) is 0 Å². The Balaban J connectivity index is 2.69. The molecule has 0 saturated heterocycles. The molecule has 0 saturated carbocycles. The van der Waals surface area contributed by atoms with Crippen molar-refractivity contribution in [2.24, 2.45) is 0 Å². The highest BCUT2D eigenvalue weighted by atomic mass is 16.4. The van der Waals surface area contributed by atoms with E-state index in [0.717, 1.165) is 12.1 Å². The quantitative estimate of drug-likeness (QED) is 0.795. The highest BCUT2D eigenvalue weighted by Gasteiger charge is 2.18. The van der Waals surface area contributed by atoms with Crippen LogP contribution in [0.3, 0.4) is 0 Å². The molecule has 1 unspecified atom stereocenters. The van der Waals surface area contributed by atoms with Crippen molar-refractivity contribution in [3.8, 4) is 5.75 Å². The number of rotatable bonds is 7. The number of carbonyl (C=O) groups is 1. The number of benzene rings is 1. The van der Waals surface area contributed by atoms with Crippen LogP contribution in [0.1, 0.15) is 45.2 Å². The first-order valence-corrected chi connectivity index (χ1v) is 6.68. The SMILES string of the molecule is CC(C)N(CCCC(=O)O)C(C)c1ccc(O)cc1. The average Bonchev–Trinajstić information content (AvgIpc) is 2.34. The normalized spacial score (nSPS) is 12.9. The summed E-state index contributed by atoms with van der Waals surface area (Å²) >= 11 is 0. The Hall–Kier alpha value is -1.55. The van der Waals surface area contributed by atoms with Crippen molar-refractivity contribution in [3.05, 3.63) is 29.8 Å². The summed E-state index contributed by atoms with van der Waals surface area (Å²) in [4.78, 5) is 12.9. The molecule has 0 radical (unpaired) electrons. The lowest BCUT2D eigenvalue weighted by Crippen LogP contribution is -2.34. The molecule has 2 N–H and O–H groups in total. The fraction of sp³-hybridized carbons (Fsp3) is 0.533. The van der Waals surface area contributed by atoms with Gasteiger partial charge < -0.3 is 10.2 Å². The fourth-order valence-electron chi connectivity index (χ4n) is 2.26. The van der Waals surface area contributed by atoms with Gasteiger partial charge in [0.25, 0.3) is 0 Å². The summed E-state index contributed by atoms with van der Waals surface area (Å²) in [7, 11) is 0. The van der Waals surface area contributed by atoms with Gasteiger partial charge in [-0.25, -0.2) is 0 Å². The van der Waals surface area contributed by atoms with E-state index in [4.69, 9.17) is 5.11 Å². The van der Waals surface area contributed by atoms with Crippen LogP contribution in [0.2, 0.25) is 0 Å². The first kappa shape index (κ1) is 15.5. The Kier molecular flexibility index (Phi) is 5.83. The summed E-state index contributed by atoms with van der Waals surface area (Å²) in [5.41, 5.74) is 1.13. The zero-order valence-corrected chi connectivity index (χ0v) is 11.8. The Morgan fingerprint density at radius 1 is 1.21 bits per heavy atom. The summed E-state index contributed by atoms with van der Waals surface area (Å²) in [5.74, 6) is -0.487. The number of aromatic hydroxyl groups is 1. The van der Waals surface area contributed by atoms with E-state index in [9.17, 15) is 9.90 Å². The molecule has 0 fully saturated rings. The van der Waals surface area contributed by atoms with Gasteiger partial charge >= 0.3 is 5.97 Å².